The summed E-state index contributed by atoms with van der Waals surface area (Å²) in [5.74, 6) is -0.344. The Morgan fingerprint density at radius 2 is 1.79 bits per heavy atom. The van der Waals surface area contributed by atoms with Gasteiger partial charge in [0.25, 0.3) is 0 Å². The molecule has 0 aromatic heterocycles. The quantitative estimate of drug-likeness (QED) is 0.725. The maximum atomic E-state index is 12.6. The van der Waals surface area contributed by atoms with Crippen molar-refractivity contribution in [2.75, 3.05) is 43.4 Å². The third-order valence-corrected chi connectivity index (χ3v) is 7.23. The van der Waals surface area contributed by atoms with Gasteiger partial charge in [0, 0.05) is 43.4 Å². The van der Waals surface area contributed by atoms with Crippen LogP contribution in [0.2, 0.25) is 5.02 Å². The third-order valence-electron chi connectivity index (χ3n) is 4.99. The van der Waals surface area contributed by atoms with Crippen molar-refractivity contribution in [1.29, 1.82) is 0 Å². The summed E-state index contributed by atoms with van der Waals surface area (Å²) in [6, 6.07) is 15.3. The SMILES string of the molecule is Cc1cccc(N2CCN(S(=O)(=O)CCNC(=O)Cc3ccccc3Cl)CC2)c1. The van der Waals surface area contributed by atoms with Crippen LogP contribution in [0.4, 0.5) is 5.69 Å². The van der Waals surface area contributed by atoms with E-state index in [9.17, 15) is 13.2 Å². The Morgan fingerprint density at radius 1 is 1.07 bits per heavy atom. The van der Waals surface area contributed by atoms with Gasteiger partial charge in [0.15, 0.2) is 0 Å². The van der Waals surface area contributed by atoms with Gasteiger partial charge in [-0.25, -0.2) is 8.42 Å². The van der Waals surface area contributed by atoms with Crippen LogP contribution in [0, 0.1) is 6.92 Å². The normalized spacial score (nSPS) is 15.3. The number of aryl methyl sites for hydroxylation is 1. The van der Waals surface area contributed by atoms with Crippen molar-refractivity contribution >= 4 is 33.2 Å². The average Bonchev–Trinajstić information content (AvgIpc) is 2.70. The molecule has 3 rings (SSSR count). The molecule has 0 aliphatic carbocycles. The minimum Gasteiger partial charge on any atom is -0.369 e. The Hall–Kier alpha value is -2.09. The topological polar surface area (TPSA) is 69.7 Å². The first-order chi connectivity index (χ1) is 13.8. The molecule has 29 heavy (non-hydrogen) atoms. The number of carbonyl (C=O) groups is 1. The van der Waals surface area contributed by atoms with E-state index in [1.54, 1.807) is 18.2 Å². The van der Waals surface area contributed by atoms with Crippen molar-refractivity contribution in [2.24, 2.45) is 0 Å². The van der Waals surface area contributed by atoms with Gasteiger partial charge < -0.3 is 10.2 Å². The van der Waals surface area contributed by atoms with Crippen molar-refractivity contribution < 1.29 is 13.2 Å². The summed E-state index contributed by atoms with van der Waals surface area (Å²) < 4.78 is 26.7. The molecule has 0 atom stereocenters. The third kappa shape index (κ3) is 5.95. The number of halogens is 1. The molecule has 8 heteroatoms. The van der Waals surface area contributed by atoms with Crippen molar-refractivity contribution in [3.63, 3.8) is 0 Å². The molecule has 6 nitrogen and oxygen atoms in total. The van der Waals surface area contributed by atoms with Crippen LogP contribution >= 0.6 is 11.6 Å². The monoisotopic (exact) mass is 435 g/mol. The van der Waals surface area contributed by atoms with Gasteiger partial charge in [-0.1, -0.05) is 41.9 Å². The van der Waals surface area contributed by atoms with Crippen LogP contribution in [-0.4, -0.2) is 57.1 Å². The summed E-state index contributed by atoms with van der Waals surface area (Å²) in [5.41, 5.74) is 3.03. The molecule has 1 aliphatic rings. The second-order valence-electron chi connectivity index (χ2n) is 7.16. The zero-order valence-electron chi connectivity index (χ0n) is 16.5. The van der Waals surface area contributed by atoms with E-state index in [4.69, 9.17) is 11.6 Å². The molecule has 1 fully saturated rings. The lowest BCUT2D eigenvalue weighted by Gasteiger charge is -2.35. The Bertz CT molecular complexity index is 957. The molecule has 1 amide bonds. The molecule has 0 radical (unpaired) electrons. The van der Waals surface area contributed by atoms with Gasteiger partial charge in [0.1, 0.15) is 0 Å². The van der Waals surface area contributed by atoms with Crippen LogP contribution in [0.25, 0.3) is 0 Å². The van der Waals surface area contributed by atoms with E-state index in [1.807, 2.05) is 31.2 Å². The number of anilines is 1. The van der Waals surface area contributed by atoms with Crippen LogP contribution in [0.5, 0.6) is 0 Å². The van der Waals surface area contributed by atoms with Gasteiger partial charge >= 0.3 is 0 Å². The molecular formula is C21H26ClN3O3S. The highest BCUT2D eigenvalue weighted by molar-refractivity contribution is 7.89. The lowest BCUT2D eigenvalue weighted by molar-refractivity contribution is -0.120. The number of nitrogens with one attached hydrogen (secondary N) is 1. The highest BCUT2D eigenvalue weighted by atomic mass is 35.5. The fraction of sp³-hybridized carbons (Fsp3) is 0.381. The molecule has 0 bridgehead atoms. The lowest BCUT2D eigenvalue weighted by atomic mass is 10.1. The summed E-state index contributed by atoms with van der Waals surface area (Å²) in [6.07, 6.45) is 0.134. The molecule has 2 aromatic rings. The van der Waals surface area contributed by atoms with Gasteiger partial charge in [0.2, 0.25) is 15.9 Å². The maximum Gasteiger partial charge on any atom is 0.224 e. The van der Waals surface area contributed by atoms with Crippen LogP contribution < -0.4 is 10.2 Å². The number of hydrogen-bond donors (Lipinski definition) is 1. The number of piperazine rings is 1. The molecule has 0 unspecified atom stereocenters. The predicted molar refractivity (Wildman–Crippen MR) is 117 cm³/mol. The summed E-state index contributed by atoms with van der Waals surface area (Å²) in [5, 5.41) is 3.21. The highest BCUT2D eigenvalue weighted by Crippen LogP contribution is 2.19. The van der Waals surface area contributed by atoms with Crippen LogP contribution in [0.3, 0.4) is 0 Å². The molecule has 1 heterocycles. The first kappa shape index (κ1) is 21.6. The Morgan fingerprint density at radius 3 is 2.48 bits per heavy atom. The largest absolute Gasteiger partial charge is 0.369 e. The first-order valence-corrected chi connectivity index (χ1v) is 11.6. The maximum absolute atomic E-state index is 12.6. The smallest absolute Gasteiger partial charge is 0.224 e. The van der Waals surface area contributed by atoms with E-state index >= 15 is 0 Å². The molecule has 0 spiro atoms. The highest BCUT2D eigenvalue weighted by Gasteiger charge is 2.26. The van der Waals surface area contributed by atoms with E-state index in [1.165, 1.54) is 9.87 Å². The van der Waals surface area contributed by atoms with Crippen LogP contribution in [0.1, 0.15) is 11.1 Å². The Labute approximate surface area is 177 Å². The Kier molecular flexibility index (Phi) is 7.16. The second kappa shape index (κ2) is 9.61. The second-order valence-corrected chi connectivity index (χ2v) is 9.65. The number of rotatable bonds is 7. The summed E-state index contributed by atoms with van der Waals surface area (Å²) in [7, 11) is -3.41. The molecule has 1 saturated heterocycles. The molecule has 156 valence electrons. The minimum atomic E-state index is -3.41. The predicted octanol–water partition coefficient (Wildman–Crippen LogP) is 2.46. The summed E-state index contributed by atoms with van der Waals surface area (Å²) in [4.78, 5) is 14.3. The molecule has 0 saturated carbocycles. The molecule has 1 N–H and O–H groups in total. The zero-order valence-corrected chi connectivity index (χ0v) is 18.0. The fourth-order valence-electron chi connectivity index (χ4n) is 3.37. The lowest BCUT2D eigenvalue weighted by Crippen LogP contribution is -2.50. The fourth-order valence-corrected chi connectivity index (χ4v) is 4.92. The van der Waals surface area contributed by atoms with Crippen molar-refractivity contribution in [3.8, 4) is 0 Å². The van der Waals surface area contributed by atoms with E-state index in [0.29, 0.717) is 31.2 Å². The van der Waals surface area contributed by atoms with Gasteiger partial charge in [-0.3, -0.25) is 4.79 Å². The first-order valence-electron chi connectivity index (χ1n) is 9.65. The number of carbonyl (C=O) groups excluding carboxylic acids is 1. The van der Waals surface area contributed by atoms with Crippen molar-refractivity contribution in [2.45, 2.75) is 13.3 Å². The summed E-state index contributed by atoms with van der Waals surface area (Å²) in [6.45, 7) is 4.34. The van der Waals surface area contributed by atoms with E-state index in [0.717, 1.165) is 11.3 Å². The van der Waals surface area contributed by atoms with E-state index in [-0.39, 0.29) is 24.6 Å². The number of benzene rings is 2. The number of hydrogen-bond acceptors (Lipinski definition) is 4. The van der Waals surface area contributed by atoms with Crippen LogP contribution in [0.15, 0.2) is 48.5 Å². The van der Waals surface area contributed by atoms with Gasteiger partial charge in [-0.05, 0) is 36.2 Å². The standard InChI is InChI=1S/C21H26ClN3O3S/c1-17-5-4-7-19(15-17)24-10-12-25(13-11-24)29(27,28)14-9-23-21(26)16-18-6-2-3-8-20(18)22/h2-8,15H,9-14,16H2,1H3,(H,23,26). The number of amides is 1. The molecule has 1 aliphatic heterocycles. The van der Waals surface area contributed by atoms with Gasteiger partial charge in [-0.15, -0.1) is 0 Å². The average molecular weight is 436 g/mol. The van der Waals surface area contributed by atoms with Crippen molar-refractivity contribution in [1.82, 2.24) is 9.62 Å². The Balaban J connectivity index is 1.45. The van der Waals surface area contributed by atoms with E-state index < -0.39 is 10.0 Å². The zero-order chi connectivity index (χ0) is 20.9. The number of nitrogens with zero attached hydrogens (tertiary/aromatic N) is 2. The minimum absolute atomic E-state index is 0.0870. The van der Waals surface area contributed by atoms with Gasteiger partial charge in [-0.2, -0.15) is 4.31 Å². The molecule has 2 aromatic carbocycles. The summed E-state index contributed by atoms with van der Waals surface area (Å²) >= 11 is 6.05. The van der Waals surface area contributed by atoms with Crippen molar-refractivity contribution in [3.05, 3.63) is 64.7 Å². The molecular weight excluding hydrogens is 410 g/mol. The van der Waals surface area contributed by atoms with Crippen LogP contribution in [-0.2, 0) is 21.2 Å². The van der Waals surface area contributed by atoms with Gasteiger partial charge in [0.05, 0.1) is 12.2 Å². The number of sulfonamides is 1. The van der Waals surface area contributed by atoms with E-state index in [2.05, 4.69) is 16.3 Å².